The quantitative estimate of drug-likeness (QED) is 0.393. The fraction of sp³-hybridized carbons (Fsp3) is 0.333. The number of benzene rings is 1. The molecule has 0 bridgehead atoms. The summed E-state index contributed by atoms with van der Waals surface area (Å²) in [5.74, 6) is 1.17. The van der Waals surface area contributed by atoms with Crippen LogP contribution in [0.25, 0.3) is 22.2 Å². The monoisotopic (exact) mass is 471 g/mol. The Bertz CT molecular complexity index is 1300. The van der Waals surface area contributed by atoms with E-state index in [0.29, 0.717) is 18.1 Å². The third kappa shape index (κ3) is 5.55. The first kappa shape index (κ1) is 23.1. The van der Waals surface area contributed by atoms with Crippen LogP contribution in [-0.2, 0) is 11.3 Å². The number of nitrogens with zero attached hydrogens (tertiary/aromatic N) is 4. The molecule has 8 heteroatoms. The van der Waals surface area contributed by atoms with Crippen molar-refractivity contribution >= 4 is 16.7 Å². The number of likely N-dealkylation sites (tertiary alicyclic amines) is 1. The van der Waals surface area contributed by atoms with Crippen molar-refractivity contribution in [2.24, 2.45) is 5.41 Å². The lowest BCUT2D eigenvalue weighted by Crippen LogP contribution is -2.39. The SMILES string of the molecule is CC1(CC(=O)CO)CCN(Cc2ccc3cc(Oc4ccc(-c5ccn[nH]5)cn4)ccc3n2)CC1. The number of hydrogen-bond donors (Lipinski definition) is 2. The molecule has 180 valence electrons. The largest absolute Gasteiger partial charge is 0.439 e. The lowest BCUT2D eigenvalue weighted by Gasteiger charge is -2.39. The summed E-state index contributed by atoms with van der Waals surface area (Å²) in [6, 6.07) is 15.7. The van der Waals surface area contributed by atoms with Crippen LogP contribution in [-0.4, -0.2) is 55.7 Å². The standard InChI is InChI=1S/C27H29N5O3/c1-27(15-22(34)18-33)9-12-32(13-10-27)17-21-4-2-19-14-23(5-6-24(19)30-21)35-26-7-3-20(16-28-26)25-8-11-29-31-25/h2-8,11,14,16,33H,9-10,12-13,15,17-18H2,1H3,(H,29,31). The van der Waals surface area contributed by atoms with Gasteiger partial charge in [0.15, 0.2) is 5.78 Å². The molecule has 0 atom stereocenters. The van der Waals surface area contributed by atoms with Gasteiger partial charge in [-0.15, -0.1) is 0 Å². The Morgan fingerprint density at radius 2 is 2.00 bits per heavy atom. The number of nitrogens with one attached hydrogen (secondary N) is 1. The van der Waals surface area contributed by atoms with Crippen LogP contribution in [0.5, 0.6) is 11.6 Å². The van der Waals surface area contributed by atoms with E-state index in [0.717, 1.165) is 60.3 Å². The highest BCUT2D eigenvalue weighted by Crippen LogP contribution is 2.35. The van der Waals surface area contributed by atoms with Gasteiger partial charge in [0, 0.05) is 42.4 Å². The number of pyridine rings is 2. The number of piperidine rings is 1. The molecule has 0 radical (unpaired) electrons. The zero-order valence-corrected chi connectivity index (χ0v) is 19.8. The Labute approximate surface area is 204 Å². The number of rotatable bonds is 8. The zero-order valence-electron chi connectivity index (χ0n) is 19.8. The number of Topliss-reactive ketones (excluding diaryl/α,β-unsaturated/α-hetero) is 1. The number of ether oxygens (including phenoxy) is 1. The molecule has 0 spiro atoms. The molecule has 8 nitrogen and oxygen atoms in total. The Hall–Kier alpha value is -3.62. The summed E-state index contributed by atoms with van der Waals surface area (Å²) >= 11 is 0. The molecule has 2 N–H and O–H groups in total. The van der Waals surface area contributed by atoms with Crippen molar-refractivity contribution in [3.63, 3.8) is 0 Å². The van der Waals surface area contributed by atoms with Crippen molar-refractivity contribution in [2.75, 3.05) is 19.7 Å². The number of hydrogen-bond acceptors (Lipinski definition) is 7. The van der Waals surface area contributed by atoms with Crippen LogP contribution in [0, 0.1) is 5.41 Å². The zero-order chi connectivity index (χ0) is 24.3. The molecule has 3 aromatic heterocycles. The van der Waals surface area contributed by atoms with E-state index in [1.54, 1.807) is 12.4 Å². The number of carbonyl (C=O) groups excluding carboxylic acids is 1. The number of aromatic nitrogens is 4. The molecule has 4 heterocycles. The van der Waals surface area contributed by atoms with Gasteiger partial charge in [0.1, 0.15) is 12.4 Å². The van der Waals surface area contributed by atoms with Gasteiger partial charge < -0.3 is 9.84 Å². The van der Waals surface area contributed by atoms with E-state index in [9.17, 15) is 4.79 Å². The molecule has 1 aliphatic rings. The van der Waals surface area contributed by atoms with Crippen LogP contribution in [0.4, 0.5) is 0 Å². The van der Waals surface area contributed by atoms with E-state index in [4.69, 9.17) is 14.8 Å². The lowest BCUT2D eigenvalue weighted by atomic mass is 9.76. The van der Waals surface area contributed by atoms with Crippen LogP contribution in [0.2, 0.25) is 0 Å². The smallest absolute Gasteiger partial charge is 0.219 e. The number of aliphatic hydroxyl groups excluding tert-OH is 1. The fourth-order valence-electron chi connectivity index (χ4n) is 4.62. The third-order valence-corrected chi connectivity index (χ3v) is 6.74. The topological polar surface area (TPSA) is 104 Å². The van der Waals surface area contributed by atoms with Crippen LogP contribution in [0.3, 0.4) is 0 Å². The first-order valence-corrected chi connectivity index (χ1v) is 11.9. The van der Waals surface area contributed by atoms with Crippen LogP contribution < -0.4 is 4.74 Å². The Morgan fingerprint density at radius 3 is 2.71 bits per heavy atom. The highest BCUT2D eigenvalue weighted by molar-refractivity contribution is 5.80. The molecule has 1 fully saturated rings. The average Bonchev–Trinajstić information content (AvgIpc) is 3.41. The number of aromatic amines is 1. The van der Waals surface area contributed by atoms with Gasteiger partial charge in [-0.2, -0.15) is 5.10 Å². The lowest BCUT2D eigenvalue weighted by molar-refractivity contribution is -0.124. The average molecular weight is 472 g/mol. The molecule has 4 aromatic rings. The van der Waals surface area contributed by atoms with Crippen LogP contribution >= 0.6 is 0 Å². The van der Waals surface area contributed by atoms with Crippen LogP contribution in [0.1, 0.15) is 31.9 Å². The Morgan fingerprint density at radius 1 is 1.14 bits per heavy atom. The molecule has 0 amide bonds. The molecule has 1 aliphatic heterocycles. The second-order valence-electron chi connectivity index (χ2n) is 9.57. The Balaban J connectivity index is 1.20. The van der Waals surface area contributed by atoms with E-state index < -0.39 is 0 Å². The molecular weight excluding hydrogens is 442 g/mol. The molecule has 0 aliphatic carbocycles. The van der Waals surface area contributed by atoms with Gasteiger partial charge in [0.2, 0.25) is 5.88 Å². The third-order valence-electron chi connectivity index (χ3n) is 6.74. The minimum Gasteiger partial charge on any atom is -0.439 e. The predicted molar refractivity (Wildman–Crippen MR) is 133 cm³/mol. The van der Waals surface area contributed by atoms with E-state index in [2.05, 4.69) is 39.1 Å². The van der Waals surface area contributed by atoms with Crippen molar-refractivity contribution in [2.45, 2.75) is 32.7 Å². The van der Waals surface area contributed by atoms with Gasteiger partial charge in [-0.25, -0.2) is 4.98 Å². The van der Waals surface area contributed by atoms with Crippen molar-refractivity contribution in [1.82, 2.24) is 25.1 Å². The normalized spacial score (nSPS) is 15.8. The van der Waals surface area contributed by atoms with Gasteiger partial charge in [-0.1, -0.05) is 13.0 Å². The summed E-state index contributed by atoms with van der Waals surface area (Å²) in [6.45, 7) is 4.42. The summed E-state index contributed by atoms with van der Waals surface area (Å²) in [5, 5.41) is 17.0. The minimum atomic E-state index is -0.359. The molecule has 35 heavy (non-hydrogen) atoms. The number of H-pyrrole nitrogens is 1. The minimum absolute atomic E-state index is 0.0161. The summed E-state index contributed by atoms with van der Waals surface area (Å²) in [4.78, 5) is 23.3. The summed E-state index contributed by atoms with van der Waals surface area (Å²) in [6.07, 6.45) is 5.82. The second-order valence-corrected chi connectivity index (χ2v) is 9.57. The molecular formula is C27H29N5O3. The van der Waals surface area contributed by atoms with E-state index >= 15 is 0 Å². The van der Waals surface area contributed by atoms with Gasteiger partial charge in [-0.05, 0) is 67.7 Å². The van der Waals surface area contributed by atoms with Crippen molar-refractivity contribution in [3.05, 3.63) is 66.6 Å². The number of aliphatic hydroxyl groups is 1. The maximum atomic E-state index is 11.7. The van der Waals surface area contributed by atoms with Gasteiger partial charge in [-0.3, -0.25) is 19.8 Å². The summed E-state index contributed by atoms with van der Waals surface area (Å²) < 4.78 is 5.95. The highest BCUT2D eigenvalue weighted by atomic mass is 16.5. The van der Waals surface area contributed by atoms with E-state index in [1.165, 1.54) is 0 Å². The maximum Gasteiger partial charge on any atom is 0.219 e. The van der Waals surface area contributed by atoms with E-state index in [-0.39, 0.29) is 17.8 Å². The van der Waals surface area contributed by atoms with Gasteiger partial charge in [0.05, 0.1) is 16.9 Å². The molecule has 0 saturated carbocycles. The molecule has 5 rings (SSSR count). The van der Waals surface area contributed by atoms with Crippen LogP contribution in [0.15, 0.2) is 60.9 Å². The van der Waals surface area contributed by atoms with Crippen molar-refractivity contribution in [1.29, 1.82) is 0 Å². The molecule has 1 aromatic carbocycles. The fourth-order valence-corrected chi connectivity index (χ4v) is 4.62. The first-order valence-electron chi connectivity index (χ1n) is 11.9. The second kappa shape index (κ2) is 9.93. The first-order chi connectivity index (χ1) is 17.0. The molecule has 1 saturated heterocycles. The number of ketones is 1. The number of carbonyl (C=O) groups is 1. The predicted octanol–water partition coefficient (Wildman–Crippen LogP) is 4.37. The van der Waals surface area contributed by atoms with Crippen molar-refractivity contribution < 1.29 is 14.6 Å². The molecule has 0 unspecified atom stereocenters. The van der Waals surface area contributed by atoms with Gasteiger partial charge in [0.25, 0.3) is 0 Å². The van der Waals surface area contributed by atoms with Crippen molar-refractivity contribution in [3.8, 4) is 22.9 Å². The summed E-state index contributed by atoms with van der Waals surface area (Å²) in [5.41, 5.74) is 3.79. The Kier molecular flexibility index (Phi) is 6.57. The number of fused-ring (bicyclic) bond motifs is 1. The highest BCUT2D eigenvalue weighted by Gasteiger charge is 2.32. The van der Waals surface area contributed by atoms with Gasteiger partial charge >= 0.3 is 0 Å². The maximum absolute atomic E-state index is 11.7. The summed E-state index contributed by atoms with van der Waals surface area (Å²) in [7, 11) is 0. The van der Waals surface area contributed by atoms with E-state index in [1.807, 2.05) is 36.4 Å².